The molecule has 0 heterocycles. The van der Waals surface area contributed by atoms with Crippen LogP contribution in [0, 0.1) is 0 Å². The summed E-state index contributed by atoms with van der Waals surface area (Å²) >= 11 is 0. The summed E-state index contributed by atoms with van der Waals surface area (Å²) in [6.07, 6.45) is 8.11. The summed E-state index contributed by atoms with van der Waals surface area (Å²) in [6.45, 7) is 16.4. The van der Waals surface area contributed by atoms with Crippen LogP contribution in [0.1, 0.15) is 48.0 Å². The van der Waals surface area contributed by atoms with Crippen molar-refractivity contribution in [2.75, 3.05) is 20.2 Å². The third-order valence-corrected chi connectivity index (χ3v) is 2.92. The highest BCUT2D eigenvalue weighted by Gasteiger charge is 2.27. The van der Waals surface area contributed by atoms with E-state index in [0.717, 1.165) is 5.70 Å². The average molecular weight is 295 g/mol. The van der Waals surface area contributed by atoms with Gasteiger partial charge in [-0.25, -0.2) is 0 Å². The molecule has 3 heteroatoms. The Kier molecular flexibility index (Phi) is 12.9. The van der Waals surface area contributed by atoms with Crippen LogP contribution in [0.4, 0.5) is 0 Å². The fourth-order valence-electron chi connectivity index (χ4n) is 1.74. The van der Waals surface area contributed by atoms with Gasteiger partial charge in [0.15, 0.2) is 5.78 Å². The van der Waals surface area contributed by atoms with Crippen molar-refractivity contribution < 1.29 is 9.53 Å². The van der Waals surface area contributed by atoms with E-state index in [0.29, 0.717) is 19.6 Å². The minimum absolute atomic E-state index is 0.125. The Morgan fingerprint density at radius 1 is 1.33 bits per heavy atom. The molecule has 0 aliphatic carbocycles. The first-order valence-corrected chi connectivity index (χ1v) is 7.72. The van der Waals surface area contributed by atoms with Gasteiger partial charge in [0.05, 0.1) is 0 Å². The maximum absolute atomic E-state index is 12.1. The van der Waals surface area contributed by atoms with Gasteiger partial charge in [0, 0.05) is 32.3 Å². The molecule has 0 unspecified atom stereocenters. The molecule has 0 spiro atoms. The fourth-order valence-corrected chi connectivity index (χ4v) is 1.74. The smallest absolute Gasteiger partial charge is 0.165 e. The second kappa shape index (κ2) is 12.4. The van der Waals surface area contributed by atoms with Crippen LogP contribution in [-0.4, -0.2) is 36.5 Å². The molecular weight excluding hydrogens is 262 g/mol. The molecule has 0 aromatic carbocycles. The zero-order valence-corrected chi connectivity index (χ0v) is 14.9. The van der Waals surface area contributed by atoms with E-state index in [-0.39, 0.29) is 5.78 Å². The first kappa shape index (κ1) is 21.9. The number of carbonyl (C=O) groups excluding carboxylic acids is 1. The third kappa shape index (κ3) is 9.24. The number of nitrogens with zero attached hydrogens (tertiary/aromatic N) is 1. The van der Waals surface area contributed by atoms with Crippen molar-refractivity contribution in [1.82, 2.24) is 4.90 Å². The van der Waals surface area contributed by atoms with E-state index in [1.165, 1.54) is 0 Å². The van der Waals surface area contributed by atoms with Crippen LogP contribution < -0.4 is 0 Å². The van der Waals surface area contributed by atoms with Crippen LogP contribution in [0.25, 0.3) is 0 Å². The van der Waals surface area contributed by atoms with Gasteiger partial charge >= 0.3 is 0 Å². The van der Waals surface area contributed by atoms with Gasteiger partial charge in [0.1, 0.15) is 5.60 Å². The summed E-state index contributed by atoms with van der Waals surface area (Å²) in [5, 5.41) is 0. The number of hydrogen-bond acceptors (Lipinski definition) is 3. The lowest BCUT2D eigenvalue weighted by Crippen LogP contribution is -2.37. The maximum Gasteiger partial charge on any atom is 0.165 e. The molecule has 0 aliphatic rings. The monoisotopic (exact) mass is 295 g/mol. The third-order valence-electron chi connectivity index (χ3n) is 2.92. The van der Waals surface area contributed by atoms with Crippen molar-refractivity contribution in [2.24, 2.45) is 0 Å². The van der Waals surface area contributed by atoms with Crippen LogP contribution in [-0.2, 0) is 9.53 Å². The van der Waals surface area contributed by atoms with Crippen molar-refractivity contribution in [1.29, 1.82) is 0 Å². The molecular formula is C18H33NO2. The van der Waals surface area contributed by atoms with Crippen molar-refractivity contribution in [3.05, 3.63) is 36.6 Å². The van der Waals surface area contributed by atoms with E-state index in [2.05, 4.69) is 6.58 Å². The SMILES string of the molecule is C=C/C=C(\C=C/C)N(C)CCC(=O)C(C)(C)OCC.CC. The lowest BCUT2D eigenvalue weighted by atomic mass is 10.0. The van der Waals surface area contributed by atoms with E-state index >= 15 is 0 Å². The van der Waals surface area contributed by atoms with E-state index in [1.807, 2.05) is 71.7 Å². The number of likely N-dealkylation sites (N-methyl/N-ethyl adjacent to an activating group) is 1. The zero-order valence-electron chi connectivity index (χ0n) is 14.9. The van der Waals surface area contributed by atoms with Gasteiger partial charge in [-0.1, -0.05) is 32.6 Å². The summed E-state index contributed by atoms with van der Waals surface area (Å²) in [5.74, 6) is 0.125. The van der Waals surface area contributed by atoms with Gasteiger partial charge in [0.25, 0.3) is 0 Å². The number of Topliss-reactive ketones (excluding diaryl/α,β-unsaturated/α-hetero) is 1. The first-order chi connectivity index (χ1) is 9.88. The standard InChI is InChI=1S/C16H27NO2.C2H6/c1-7-10-14(11-8-2)17(6)13-12-15(18)16(4,5)19-9-3;1-2/h7-8,10-11H,1,9,12-13H2,2-6H3;1-2H3/b11-8-,14-10+;. The average Bonchev–Trinajstić information content (AvgIpc) is 2.46. The van der Waals surface area contributed by atoms with Crippen LogP contribution in [0.2, 0.25) is 0 Å². The second-order valence-electron chi connectivity index (χ2n) is 4.87. The molecule has 0 aromatic heterocycles. The molecule has 0 radical (unpaired) electrons. The van der Waals surface area contributed by atoms with Crippen LogP contribution in [0.3, 0.4) is 0 Å². The molecule has 0 fully saturated rings. The van der Waals surface area contributed by atoms with E-state index < -0.39 is 5.60 Å². The van der Waals surface area contributed by atoms with Gasteiger partial charge < -0.3 is 9.64 Å². The topological polar surface area (TPSA) is 29.5 Å². The molecule has 0 atom stereocenters. The molecule has 0 saturated heterocycles. The van der Waals surface area contributed by atoms with Crippen molar-refractivity contribution in [3.8, 4) is 0 Å². The number of allylic oxidation sites excluding steroid dienone is 4. The van der Waals surface area contributed by atoms with E-state index in [1.54, 1.807) is 6.08 Å². The van der Waals surface area contributed by atoms with Gasteiger partial charge in [0.2, 0.25) is 0 Å². The van der Waals surface area contributed by atoms with Gasteiger partial charge in [-0.05, 0) is 39.8 Å². The Morgan fingerprint density at radius 3 is 2.33 bits per heavy atom. The van der Waals surface area contributed by atoms with Crippen LogP contribution in [0.5, 0.6) is 0 Å². The minimum Gasteiger partial charge on any atom is -0.374 e. The molecule has 0 bridgehead atoms. The van der Waals surface area contributed by atoms with Crippen molar-refractivity contribution >= 4 is 5.78 Å². The first-order valence-electron chi connectivity index (χ1n) is 7.72. The highest BCUT2D eigenvalue weighted by atomic mass is 16.5. The van der Waals surface area contributed by atoms with Crippen LogP contribution in [0.15, 0.2) is 36.6 Å². The maximum atomic E-state index is 12.1. The molecule has 0 N–H and O–H groups in total. The Balaban J connectivity index is 0. The normalized spacial score (nSPS) is 11.9. The number of ether oxygens (including phenoxy) is 1. The number of rotatable bonds is 9. The van der Waals surface area contributed by atoms with Gasteiger partial charge in [-0.3, -0.25) is 4.79 Å². The van der Waals surface area contributed by atoms with Gasteiger partial charge in [-0.15, -0.1) is 0 Å². The Hall–Kier alpha value is -1.35. The Morgan fingerprint density at radius 2 is 1.90 bits per heavy atom. The molecule has 0 aromatic rings. The van der Waals surface area contributed by atoms with E-state index in [4.69, 9.17) is 4.74 Å². The lowest BCUT2D eigenvalue weighted by Gasteiger charge is -2.25. The summed E-state index contributed by atoms with van der Waals surface area (Å²) in [4.78, 5) is 14.1. The lowest BCUT2D eigenvalue weighted by molar-refractivity contribution is -0.140. The summed E-state index contributed by atoms with van der Waals surface area (Å²) < 4.78 is 5.47. The Labute approximate surface area is 131 Å². The molecule has 21 heavy (non-hydrogen) atoms. The molecule has 0 rings (SSSR count). The number of hydrogen-bond donors (Lipinski definition) is 0. The quantitative estimate of drug-likeness (QED) is 0.592. The summed E-state index contributed by atoms with van der Waals surface area (Å²) in [6, 6.07) is 0. The fraction of sp³-hybridized carbons (Fsp3) is 0.611. The van der Waals surface area contributed by atoms with Crippen molar-refractivity contribution in [2.45, 2.75) is 53.6 Å². The molecule has 0 aliphatic heterocycles. The van der Waals surface area contributed by atoms with Gasteiger partial charge in [-0.2, -0.15) is 0 Å². The van der Waals surface area contributed by atoms with Crippen LogP contribution >= 0.6 is 0 Å². The summed E-state index contributed by atoms with van der Waals surface area (Å²) in [5.41, 5.74) is 0.345. The highest BCUT2D eigenvalue weighted by Crippen LogP contribution is 2.14. The predicted octanol–water partition coefficient (Wildman–Crippen LogP) is 4.36. The molecule has 3 nitrogen and oxygen atoms in total. The molecule has 0 amide bonds. The number of carbonyl (C=O) groups is 1. The highest BCUT2D eigenvalue weighted by molar-refractivity contribution is 5.86. The number of ketones is 1. The van der Waals surface area contributed by atoms with E-state index in [9.17, 15) is 4.79 Å². The predicted molar refractivity (Wildman–Crippen MR) is 92.4 cm³/mol. The minimum atomic E-state index is -0.696. The molecule has 0 saturated carbocycles. The van der Waals surface area contributed by atoms with Crippen molar-refractivity contribution in [3.63, 3.8) is 0 Å². The molecule has 122 valence electrons. The second-order valence-corrected chi connectivity index (χ2v) is 4.87. The zero-order chi connectivity index (χ0) is 16.9. The Bertz CT molecular complexity index is 354. The largest absolute Gasteiger partial charge is 0.374 e. The summed E-state index contributed by atoms with van der Waals surface area (Å²) in [7, 11) is 1.97.